The van der Waals surface area contributed by atoms with Gasteiger partial charge in [0, 0.05) is 13.0 Å². The fraction of sp³-hybridized carbons (Fsp3) is 0.294. The number of ether oxygens (including phenoxy) is 1. The molecule has 0 N–H and O–H groups in total. The van der Waals surface area contributed by atoms with Crippen molar-refractivity contribution in [3.63, 3.8) is 0 Å². The van der Waals surface area contributed by atoms with E-state index in [1.165, 1.54) is 5.56 Å². The standard InChI is InChI=1S/C17H21NO/c1-18(2)14-13-17(15-9-5-3-6-10-15)19-16-11-7-4-8-12-16/h3-12,17H,13-14H2,1-2H3. The van der Waals surface area contributed by atoms with Gasteiger partial charge in [-0.2, -0.15) is 0 Å². The molecule has 19 heavy (non-hydrogen) atoms. The van der Waals surface area contributed by atoms with Crippen LogP contribution in [0.15, 0.2) is 60.7 Å². The lowest BCUT2D eigenvalue weighted by molar-refractivity contribution is 0.179. The van der Waals surface area contributed by atoms with Crippen molar-refractivity contribution in [3.05, 3.63) is 66.2 Å². The second-order valence-electron chi connectivity index (χ2n) is 4.92. The number of hydrogen-bond donors (Lipinski definition) is 0. The fourth-order valence-electron chi connectivity index (χ4n) is 2.00. The van der Waals surface area contributed by atoms with Crippen LogP contribution in [0.4, 0.5) is 0 Å². The molecule has 0 aliphatic carbocycles. The first-order chi connectivity index (χ1) is 9.25. The van der Waals surface area contributed by atoms with Gasteiger partial charge in [0.2, 0.25) is 0 Å². The van der Waals surface area contributed by atoms with Crippen LogP contribution in [0.25, 0.3) is 0 Å². The van der Waals surface area contributed by atoms with E-state index in [0.29, 0.717) is 0 Å². The van der Waals surface area contributed by atoms with Gasteiger partial charge in [0.25, 0.3) is 0 Å². The molecule has 0 aliphatic heterocycles. The van der Waals surface area contributed by atoms with Crippen LogP contribution in [0, 0.1) is 0 Å². The van der Waals surface area contributed by atoms with Gasteiger partial charge in [-0.05, 0) is 31.8 Å². The third-order valence-electron chi connectivity index (χ3n) is 3.03. The van der Waals surface area contributed by atoms with Gasteiger partial charge >= 0.3 is 0 Å². The van der Waals surface area contributed by atoms with E-state index in [-0.39, 0.29) is 6.10 Å². The minimum Gasteiger partial charge on any atom is -0.486 e. The number of nitrogens with zero attached hydrogens (tertiary/aromatic N) is 1. The second kappa shape index (κ2) is 6.95. The van der Waals surface area contributed by atoms with Crippen LogP contribution < -0.4 is 4.74 Å². The Hall–Kier alpha value is -1.80. The largest absolute Gasteiger partial charge is 0.486 e. The molecule has 0 fully saturated rings. The van der Waals surface area contributed by atoms with E-state index in [1.54, 1.807) is 0 Å². The summed E-state index contributed by atoms with van der Waals surface area (Å²) in [4.78, 5) is 2.18. The zero-order valence-corrected chi connectivity index (χ0v) is 11.6. The first-order valence-electron chi connectivity index (χ1n) is 6.67. The molecule has 1 atom stereocenters. The highest BCUT2D eigenvalue weighted by Crippen LogP contribution is 2.24. The van der Waals surface area contributed by atoms with Crippen molar-refractivity contribution in [1.82, 2.24) is 4.90 Å². The van der Waals surface area contributed by atoms with Crippen LogP contribution in [-0.2, 0) is 0 Å². The summed E-state index contributed by atoms with van der Waals surface area (Å²) in [6.07, 6.45) is 1.08. The van der Waals surface area contributed by atoms with Crippen molar-refractivity contribution < 1.29 is 4.74 Å². The Morgan fingerprint density at radius 2 is 1.47 bits per heavy atom. The molecule has 0 saturated heterocycles. The van der Waals surface area contributed by atoms with E-state index in [9.17, 15) is 0 Å². The Labute approximate surface area is 115 Å². The number of benzene rings is 2. The Balaban J connectivity index is 2.10. The van der Waals surface area contributed by atoms with Gasteiger partial charge < -0.3 is 9.64 Å². The minimum atomic E-state index is 0.103. The lowest BCUT2D eigenvalue weighted by Gasteiger charge is -2.21. The van der Waals surface area contributed by atoms with Gasteiger partial charge in [-0.3, -0.25) is 0 Å². The highest BCUT2D eigenvalue weighted by atomic mass is 16.5. The average molecular weight is 255 g/mol. The molecule has 0 saturated carbocycles. The molecule has 0 spiro atoms. The Morgan fingerprint density at radius 3 is 2.05 bits per heavy atom. The topological polar surface area (TPSA) is 12.5 Å². The van der Waals surface area contributed by atoms with Gasteiger partial charge in [-0.15, -0.1) is 0 Å². The van der Waals surface area contributed by atoms with E-state index in [1.807, 2.05) is 36.4 Å². The molecule has 2 nitrogen and oxygen atoms in total. The first kappa shape index (κ1) is 13.6. The van der Waals surface area contributed by atoms with Gasteiger partial charge in [-0.1, -0.05) is 48.5 Å². The van der Waals surface area contributed by atoms with Gasteiger partial charge in [0.05, 0.1) is 0 Å². The van der Waals surface area contributed by atoms with Crippen LogP contribution in [0.1, 0.15) is 18.1 Å². The molecule has 2 aromatic rings. The summed E-state index contributed by atoms with van der Waals surface area (Å²) < 4.78 is 6.12. The van der Waals surface area contributed by atoms with Crippen LogP contribution in [0.2, 0.25) is 0 Å². The Morgan fingerprint density at radius 1 is 0.895 bits per heavy atom. The van der Waals surface area contributed by atoms with Crippen LogP contribution in [0.3, 0.4) is 0 Å². The van der Waals surface area contributed by atoms with Gasteiger partial charge in [0.1, 0.15) is 11.9 Å². The van der Waals surface area contributed by atoms with Crippen molar-refractivity contribution in [3.8, 4) is 5.75 Å². The maximum Gasteiger partial charge on any atom is 0.125 e. The summed E-state index contributed by atoms with van der Waals surface area (Å²) in [5, 5.41) is 0. The van der Waals surface area contributed by atoms with Crippen LogP contribution in [0.5, 0.6) is 5.75 Å². The molecule has 0 bridgehead atoms. The third-order valence-corrected chi connectivity index (χ3v) is 3.03. The van der Waals surface area contributed by atoms with E-state index in [0.717, 1.165) is 18.7 Å². The highest BCUT2D eigenvalue weighted by molar-refractivity contribution is 5.24. The monoisotopic (exact) mass is 255 g/mol. The highest BCUT2D eigenvalue weighted by Gasteiger charge is 2.13. The Kier molecular flexibility index (Phi) is 4.99. The summed E-state index contributed by atoms with van der Waals surface area (Å²) in [7, 11) is 4.18. The van der Waals surface area contributed by atoms with Gasteiger partial charge in [0.15, 0.2) is 0 Å². The molecule has 0 aliphatic rings. The van der Waals surface area contributed by atoms with Crippen molar-refractivity contribution in [2.45, 2.75) is 12.5 Å². The van der Waals surface area contributed by atoms with E-state index >= 15 is 0 Å². The normalized spacial score (nSPS) is 12.4. The molecular weight excluding hydrogens is 234 g/mol. The molecule has 2 rings (SSSR count). The molecule has 2 aromatic carbocycles. The first-order valence-corrected chi connectivity index (χ1v) is 6.67. The molecule has 0 radical (unpaired) electrons. The number of rotatable bonds is 6. The predicted octanol–water partition coefficient (Wildman–Crippen LogP) is 3.76. The van der Waals surface area contributed by atoms with Crippen LogP contribution in [-0.4, -0.2) is 25.5 Å². The molecule has 100 valence electrons. The van der Waals surface area contributed by atoms with E-state index < -0.39 is 0 Å². The summed E-state index contributed by atoms with van der Waals surface area (Å²) in [5.41, 5.74) is 1.23. The maximum absolute atomic E-state index is 6.12. The van der Waals surface area contributed by atoms with Gasteiger partial charge in [-0.25, -0.2) is 0 Å². The number of para-hydroxylation sites is 1. The quantitative estimate of drug-likeness (QED) is 0.779. The predicted molar refractivity (Wildman–Crippen MR) is 79.4 cm³/mol. The molecule has 0 heterocycles. The SMILES string of the molecule is CN(C)CCC(Oc1ccccc1)c1ccccc1. The lowest BCUT2D eigenvalue weighted by atomic mass is 10.1. The average Bonchev–Trinajstić information content (AvgIpc) is 2.45. The lowest BCUT2D eigenvalue weighted by Crippen LogP contribution is -2.18. The van der Waals surface area contributed by atoms with Crippen molar-refractivity contribution in [2.24, 2.45) is 0 Å². The summed E-state index contributed by atoms with van der Waals surface area (Å²) in [6, 6.07) is 20.4. The van der Waals surface area contributed by atoms with E-state index in [4.69, 9.17) is 4.74 Å². The van der Waals surface area contributed by atoms with Crippen molar-refractivity contribution in [2.75, 3.05) is 20.6 Å². The number of hydrogen-bond acceptors (Lipinski definition) is 2. The fourth-order valence-corrected chi connectivity index (χ4v) is 2.00. The zero-order valence-electron chi connectivity index (χ0n) is 11.6. The molecular formula is C17H21NO. The zero-order chi connectivity index (χ0) is 13.5. The molecule has 1 unspecified atom stereocenters. The summed E-state index contributed by atoms with van der Waals surface area (Å²) in [5.74, 6) is 0.926. The minimum absolute atomic E-state index is 0.103. The Bertz CT molecular complexity index is 467. The van der Waals surface area contributed by atoms with Crippen molar-refractivity contribution in [1.29, 1.82) is 0 Å². The maximum atomic E-state index is 6.12. The molecule has 0 aromatic heterocycles. The smallest absolute Gasteiger partial charge is 0.125 e. The molecule has 2 heteroatoms. The molecule has 0 amide bonds. The summed E-state index contributed by atoms with van der Waals surface area (Å²) in [6.45, 7) is 1.01. The van der Waals surface area contributed by atoms with Crippen molar-refractivity contribution >= 4 is 0 Å². The summed E-state index contributed by atoms with van der Waals surface area (Å²) >= 11 is 0. The van der Waals surface area contributed by atoms with Crippen LogP contribution >= 0.6 is 0 Å². The second-order valence-corrected chi connectivity index (χ2v) is 4.92. The third kappa shape index (κ3) is 4.42. The van der Waals surface area contributed by atoms with E-state index in [2.05, 4.69) is 43.3 Å².